The molecule has 1 aromatic carbocycles. The molecule has 86 valence electrons. The predicted octanol–water partition coefficient (Wildman–Crippen LogP) is 1.54. The molecular formula is C12H15NO3. The largest absolute Gasteiger partial charge is 0.504 e. The molecule has 0 radical (unpaired) electrons. The number of aromatic hydroxyl groups is 1. The minimum Gasteiger partial charge on any atom is -0.504 e. The fourth-order valence-electron chi connectivity index (χ4n) is 1.43. The van der Waals surface area contributed by atoms with Gasteiger partial charge in [-0.2, -0.15) is 5.26 Å². The zero-order valence-electron chi connectivity index (χ0n) is 9.61. The molecule has 0 aliphatic rings. The number of aliphatic hydroxyl groups is 1. The number of nitrogens with zero attached hydrogens (tertiary/aromatic N) is 1. The van der Waals surface area contributed by atoms with Gasteiger partial charge in [-0.15, -0.1) is 0 Å². The van der Waals surface area contributed by atoms with Crippen molar-refractivity contribution in [3.63, 3.8) is 0 Å². The second-order valence-corrected chi connectivity index (χ2v) is 4.23. The second kappa shape index (κ2) is 4.42. The number of ether oxygens (including phenoxy) is 1. The van der Waals surface area contributed by atoms with Gasteiger partial charge < -0.3 is 14.9 Å². The summed E-state index contributed by atoms with van der Waals surface area (Å²) >= 11 is 0. The third-order valence-corrected chi connectivity index (χ3v) is 2.55. The van der Waals surface area contributed by atoms with Crippen molar-refractivity contribution in [2.75, 3.05) is 13.7 Å². The summed E-state index contributed by atoms with van der Waals surface area (Å²) in [4.78, 5) is 0. The minimum absolute atomic E-state index is 0.0273. The molecule has 0 aliphatic carbocycles. The Morgan fingerprint density at radius 3 is 2.50 bits per heavy atom. The van der Waals surface area contributed by atoms with Crippen molar-refractivity contribution in [2.24, 2.45) is 0 Å². The van der Waals surface area contributed by atoms with Gasteiger partial charge in [0.15, 0.2) is 11.5 Å². The molecular weight excluding hydrogens is 206 g/mol. The molecule has 0 heterocycles. The summed E-state index contributed by atoms with van der Waals surface area (Å²) < 4.78 is 4.99. The van der Waals surface area contributed by atoms with Crippen LogP contribution in [0.2, 0.25) is 0 Å². The summed E-state index contributed by atoms with van der Waals surface area (Å²) in [5.41, 5.74) is 0.279. The molecule has 0 saturated heterocycles. The van der Waals surface area contributed by atoms with Gasteiger partial charge in [0.25, 0.3) is 0 Å². The Morgan fingerprint density at radius 2 is 2.06 bits per heavy atom. The number of aliphatic hydroxyl groups excluding tert-OH is 1. The normalized spacial score (nSPS) is 10.9. The Kier molecular flexibility index (Phi) is 3.41. The number of nitriles is 1. The Balaban J connectivity index is 3.45. The van der Waals surface area contributed by atoms with Crippen LogP contribution in [0.5, 0.6) is 11.5 Å². The third kappa shape index (κ3) is 2.10. The van der Waals surface area contributed by atoms with Crippen molar-refractivity contribution in [2.45, 2.75) is 19.3 Å². The molecule has 1 rings (SSSR count). The van der Waals surface area contributed by atoms with Crippen LogP contribution in [0.4, 0.5) is 0 Å². The number of phenols is 1. The molecule has 0 fully saturated rings. The zero-order chi connectivity index (χ0) is 12.3. The van der Waals surface area contributed by atoms with Crippen molar-refractivity contribution in [1.82, 2.24) is 0 Å². The number of phenolic OH excluding ortho intramolecular Hbond substituents is 1. The van der Waals surface area contributed by atoms with Crippen molar-refractivity contribution in [3.8, 4) is 17.6 Å². The maximum Gasteiger partial charge on any atom is 0.162 e. The van der Waals surface area contributed by atoms with Crippen LogP contribution in [0, 0.1) is 11.3 Å². The van der Waals surface area contributed by atoms with Gasteiger partial charge in [0, 0.05) is 17.0 Å². The van der Waals surface area contributed by atoms with Crippen LogP contribution < -0.4 is 4.74 Å². The highest BCUT2D eigenvalue weighted by molar-refractivity contribution is 5.54. The van der Waals surface area contributed by atoms with Crippen molar-refractivity contribution in [3.05, 3.63) is 23.3 Å². The number of hydrogen-bond donors (Lipinski definition) is 2. The predicted molar refractivity (Wildman–Crippen MR) is 59.5 cm³/mol. The fraction of sp³-hybridized carbons (Fsp3) is 0.417. The molecule has 4 heteroatoms. The molecule has 4 nitrogen and oxygen atoms in total. The topological polar surface area (TPSA) is 73.5 Å². The molecule has 0 spiro atoms. The highest BCUT2D eigenvalue weighted by atomic mass is 16.5. The summed E-state index contributed by atoms with van der Waals surface area (Å²) in [5, 5.41) is 28.1. The highest BCUT2D eigenvalue weighted by Crippen LogP contribution is 2.38. The van der Waals surface area contributed by atoms with Gasteiger partial charge in [-0.3, -0.25) is 0 Å². The average molecular weight is 221 g/mol. The highest BCUT2D eigenvalue weighted by Gasteiger charge is 2.25. The van der Waals surface area contributed by atoms with Gasteiger partial charge in [-0.25, -0.2) is 0 Å². The molecule has 2 N–H and O–H groups in total. The van der Waals surface area contributed by atoms with Crippen molar-refractivity contribution < 1.29 is 14.9 Å². The lowest BCUT2D eigenvalue weighted by atomic mass is 9.84. The monoisotopic (exact) mass is 221 g/mol. The molecule has 0 aliphatic heterocycles. The number of hydrogen-bond acceptors (Lipinski definition) is 4. The van der Waals surface area contributed by atoms with Gasteiger partial charge in [-0.1, -0.05) is 13.8 Å². The summed E-state index contributed by atoms with van der Waals surface area (Å²) in [6.07, 6.45) is 0. The Hall–Kier alpha value is -1.73. The molecule has 0 bridgehead atoms. The molecule has 0 saturated carbocycles. The first-order valence-electron chi connectivity index (χ1n) is 4.88. The van der Waals surface area contributed by atoms with E-state index in [2.05, 4.69) is 0 Å². The molecule has 1 aromatic rings. The Morgan fingerprint density at radius 1 is 1.44 bits per heavy atom. The molecule has 0 aromatic heterocycles. The zero-order valence-corrected chi connectivity index (χ0v) is 9.61. The van der Waals surface area contributed by atoms with Crippen LogP contribution in [0.3, 0.4) is 0 Å². The van der Waals surface area contributed by atoms with E-state index in [1.54, 1.807) is 19.9 Å². The summed E-state index contributed by atoms with van der Waals surface area (Å²) in [6, 6.07) is 5.02. The van der Waals surface area contributed by atoms with Crippen molar-refractivity contribution in [1.29, 1.82) is 5.26 Å². The summed E-state index contributed by atoms with van der Waals surface area (Å²) in [6.45, 7) is 3.43. The van der Waals surface area contributed by atoms with E-state index in [0.717, 1.165) is 0 Å². The van der Waals surface area contributed by atoms with E-state index in [9.17, 15) is 10.2 Å². The molecule has 0 unspecified atom stereocenters. The smallest absolute Gasteiger partial charge is 0.162 e. The number of methoxy groups -OCH3 is 1. The van der Waals surface area contributed by atoms with E-state index < -0.39 is 5.41 Å². The maximum atomic E-state index is 9.93. The Bertz CT molecular complexity index is 433. The van der Waals surface area contributed by atoms with Crippen LogP contribution in [0.15, 0.2) is 12.1 Å². The molecule has 0 amide bonds. The van der Waals surface area contributed by atoms with Crippen molar-refractivity contribution >= 4 is 0 Å². The second-order valence-electron chi connectivity index (χ2n) is 4.23. The third-order valence-electron chi connectivity index (χ3n) is 2.55. The van der Waals surface area contributed by atoms with E-state index in [-0.39, 0.29) is 18.1 Å². The van der Waals surface area contributed by atoms with E-state index in [0.29, 0.717) is 11.1 Å². The van der Waals surface area contributed by atoms with Crippen LogP contribution in [-0.4, -0.2) is 23.9 Å². The average Bonchev–Trinajstić information content (AvgIpc) is 2.29. The summed E-state index contributed by atoms with van der Waals surface area (Å²) in [5.74, 6) is 0.219. The van der Waals surface area contributed by atoms with Crippen LogP contribution in [0.1, 0.15) is 25.0 Å². The van der Waals surface area contributed by atoms with Gasteiger partial charge in [0.1, 0.15) is 0 Å². The van der Waals surface area contributed by atoms with E-state index in [1.807, 2.05) is 6.07 Å². The quantitative estimate of drug-likeness (QED) is 0.812. The van der Waals surface area contributed by atoms with Gasteiger partial charge in [0.2, 0.25) is 0 Å². The minimum atomic E-state index is -0.621. The lowest BCUT2D eigenvalue weighted by molar-refractivity contribution is 0.214. The van der Waals surface area contributed by atoms with Crippen LogP contribution in [-0.2, 0) is 5.41 Å². The van der Waals surface area contributed by atoms with Crippen LogP contribution >= 0.6 is 0 Å². The van der Waals surface area contributed by atoms with E-state index in [1.165, 1.54) is 13.2 Å². The van der Waals surface area contributed by atoms with Crippen LogP contribution in [0.25, 0.3) is 0 Å². The fourth-order valence-corrected chi connectivity index (χ4v) is 1.43. The lowest BCUT2D eigenvalue weighted by Crippen LogP contribution is -2.22. The summed E-state index contributed by atoms with van der Waals surface area (Å²) in [7, 11) is 1.42. The SMILES string of the molecule is COc1cc(C#N)cc(C(C)(C)CO)c1O. The number of rotatable bonds is 3. The Labute approximate surface area is 94.7 Å². The lowest BCUT2D eigenvalue weighted by Gasteiger charge is -2.24. The first-order chi connectivity index (χ1) is 7.46. The first-order valence-corrected chi connectivity index (χ1v) is 4.88. The van der Waals surface area contributed by atoms with E-state index >= 15 is 0 Å². The standard InChI is InChI=1S/C12H15NO3/c1-12(2,7-14)9-4-8(6-13)5-10(16-3)11(9)15/h4-5,14-15H,7H2,1-3H3. The van der Waals surface area contributed by atoms with E-state index in [4.69, 9.17) is 10.00 Å². The van der Waals surface area contributed by atoms with Gasteiger partial charge in [-0.05, 0) is 6.07 Å². The van der Waals surface area contributed by atoms with Gasteiger partial charge >= 0.3 is 0 Å². The molecule has 0 atom stereocenters. The number of benzene rings is 1. The maximum absolute atomic E-state index is 9.93. The molecule has 16 heavy (non-hydrogen) atoms. The first kappa shape index (κ1) is 12.3. The van der Waals surface area contributed by atoms with Gasteiger partial charge in [0.05, 0.1) is 25.3 Å².